The van der Waals surface area contributed by atoms with E-state index in [-0.39, 0.29) is 18.9 Å². The summed E-state index contributed by atoms with van der Waals surface area (Å²) in [7, 11) is 0. The molecule has 0 aliphatic rings. The first kappa shape index (κ1) is 15.7. The summed E-state index contributed by atoms with van der Waals surface area (Å²) in [5.74, 6) is -5.62. The van der Waals surface area contributed by atoms with E-state index in [1.54, 1.807) is 0 Å². The van der Waals surface area contributed by atoms with Crippen molar-refractivity contribution in [3.63, 3.8) is 0 Å². The molecule has 1 aromatic carbocycles. The van der Waals surface area contributed by atoms with Gasteiger partial charge in [-0.25, -0.2) is 14.4 Å². The Bertz CT molecular complexity index is 583. The molecule has 9 heteroatoms. The fraction of sp³-hybridized carbons (Fsp3) is 0. The minimum Gasteiger partial charge on any atom is -0.478 e. The van der Waals surface area contributed by atoms with E-state index in [1.807, 2.05) is 0 Å². The monoisotopic (exact) mass is 294 g/mol. The molecule has 0 radical (unpaired) electrons. The van der Waals surface area contributed by atoms with Gasteiger partial charge in [-0.3, -0.25) is 14.4 Å². The van der Waals surface area contributed by atoms with E-state index < -0.39 is 51.3 Å². The zero-order valence-electron chi connectivity index (χ0n) is 10.0. The number of rotatable bonds is 6. The van der Waals surface area contributed by atoms with Crippen LogP contribution < -0.4 is 0 Å². The first-order chi connectivity index (χ1) is 9.81. The van der Waals surface area contributed by atoms with Gasteiger partial charge in [0.1, 0.15) is 0 Å². The SMILES string of the molecule is O=Cc1c(C(=O)O)c(C=O)c(C(=O)O)c(C=O)c1C(=O)O. The van der Waals surface area contributed by atoms with Gasteiger partial charge in [-0.05, 0) is 0 Å². The predicted octanol–water partition coefficient (Wildman–Crippen LogP) is 0.219. The van der Waals surface area contributed by atoms with Crippen LogP contribution >= 0.6 is 0 Å². The van der Waals surface area contributed by atoms with E-state index in [9.17, 15) is 28.8 Å². The Morgan fingerprint density at radius 2 is 0.762 bits per heavy atom. The van der Waals surface area contributed by atoms with Crippen LogP contribution in [0.25, 0.3) is 0 Å². The Morgan fingerprint density at radius 3 is 0.857 bits per heavy atom. The molecule has 0 amide bonds. The highest BCUT2D eigenvalue weighted by molar-refractivity contribution is 6.18. The van der Waals surface area contributed by atoms with Crippen molar-refractivity contribution >= 4 is 36.8 Å². The summed E-state index contributed by atoms with van der Waals surface area (Å²) >= 11 is 0. The lowest BCUT2D eigenvalue weighted by atomic mass is 9.87. The van der Waals surface area contributed by atoms with Crippen LogP contribution in [0.15, 0.2) is 0 Å². The topological polar surface area (TPSA) is 163 Å². The highest BCUT2D eigenvalue weighted by atomic mass is 16.4. The molecular weight excluding hydrogens is 288 g/mol. The fourth-order valence-electron chi connectivity index (χ4n) is 1.86. The van der Waals surface area contributed by atoms with E-state index >= 15 is 0 Å². The van der Waals surface area contributed by atoms with Gasteiger partial charge in [0.15, 0.2) is 18.9 Å². The normalized spacial score (nSPS) is 9.71. The summed E-state index contributed by atoms with van der Waals surface area (Å²) in [4.78, 5) is 66.3. The van der Waals surface area contributed by atoms with Crippen molar-refractivity contribution in [3.8, 4) is 0 Å². The lowest BCUT2D eigenvalue weighted by Gasteiger charge is -2.13. The Hall–Kier alpha value is -3.36. The van der Waals surface area contributed by atoms with Crippen molar-refractivity contribution in [1.29, 1.82) is 0 Å². The van der Waals surface area contributed by atoms with Gasteiger partial charge in [0, 0.05) is 16.7 Å². The maximum absolute atomic E-state index is 11.1. The molecule has 0 bridgehead atoms. The van der Waals surface area contributed by atoms with E-state index in [0.29, 0.717) is 0 Å². The standard InChI is InChI=1S/C12H6O9/c13-1-4-7(10(16)17)5(2-14)9(12(20)21)6(3-15)8(4)11(18)19/h1-3H,(H,16,17)(H,18,19)(H,20,21). The van der Waals surface area contributed by atoms with Crippen LogP contribution in [0.2, 0.25) is 0 Å². The van der Waals surface area contributed by atoms with Crippen molar-refractivity contribution in [2.24, 2.45) is 0 Å². The van der Waals surface area contributed by atoms with Crippen LogP contribution in [0.4, 0.5) is 0 Å². The Morgan fingerprint density at radius 1 is 0.571 bits per heavy atom. The second-order valence-electron chi connectivity index (χ2n) is 3.64. The van der Waals surface area contributed by atoms with Crippen LogP contribution in [0.1, 0.15) is 62.1 Å². The van der Waals surface area contributed by atoms with Crippen molar-refractivity contribution in [2.75, 3.05) is 0 Å². The summed E-state index contributed by atoms with van der Waals surface area (Å²) < 4.78 is 0. The van der Waals surface area contributed by atoms with Gasteiger partial charge < -0.3 is 15.3 Å². The summed E-state index contributed by atoms with van der Waals surface area (Å²) in [6.45, 7) is 0. The highest BCUT2D eigenvalue weighted by Gasteiger charge is 2.32. The minimum absolute atomic E-state index is 0.168. The number of aromatic carboxylic acids is 3. The smallest absolute Gasteiger partial charge is 0.337 e. The molecular formula is C12H6O9. The van der Waals surface area contributed by atoms with Gasteiger partial charge >= 0.3 is 17.9 Å². The molecule has 1 rings (SSSR count). The van der Waals surface area contributed by atoms with Crippen molar-refractivity contribution in [2.45, 2.75) is 0 Å². The zero-order valence-corrected chi connectivity index (χ0v) is 10.0. The summed E-state index contributed by atoms with van der Waals surface area (Å²) in [5, 5.41) is 27.0. The van der Waals surface area contributed by atoms with Crippen LogP contribution in [0, 0.1) is 0 Å². The molecule has 0 aliphatic carbocycles. The predicted molar refractivity (Wildman–Crippen MR) is 63.5 cm³/mol. The molecule has 0 aliphatic heterocycles. The van der Waals surface area contributed by atoms with Crippen molar-refractivity contribution < 1.29 is 44.1 Å². The van der Waals surface area contributed by atoms with E-state index in [0.717, 1.165) is 0 Å². The first-order valence-corrected chi connectivity index (χ1v) is 5.11. The molecule has 0 atom stereocenters. The maximum Gasteiger partial charge on any atom is 0.337 e. The van der Waals surface area contributed by atoms with Crippen molar-refractivity contribution in [1.82, 2.24) is 0 Å². The first-order valence-electron chi connectivity index (χ1n) is 5.11. The van der Waals surface area contributed by atoms with Gasteiger partial charge in [0.05, 0.1) is 16.7 Å². The number of hydrogen-bond acceptors (Lipinski definition) is 6. The third kappa shape index (κ3) is 2.39. The van der Waals surface area contributed by atoms with E-state index in [2.05, 4.69) is 0 Å². The number of carbonyl (C=O) groups excluding carboxylic acids is 3. The quantitative estimate of drug-likeness (QED) is 0.622. The Labute approximate surface area is 115 Å². The molecule has 108 valence electrons. The number of carbonyl (C=O) groups is 6. The fourth-order valence-corrected chi connectivity index (χ4v) is 1.86. The highest BCUT2D eigenvalue weighted by Crippen LogP contribution is 2.26. The summed E-state index contributed by atoms with van der Waals surface area (Å²) in [5.41, 5.74) is -6.11. The largest absolute Gasteiger partial charge is 0.478 e. The molecule has 0 saturated carbocycles. The van der Waals surface area contributed by atoms with Gasteiger partial charge in [-0.1, -0.05) is 0 Å². The molecule has 1 aromatic rings. The van der Waals surface area contributed by atoms with Gasteiger partial charge in [0.2, 0.25) is 0 Å². The lowest BCUT2D eigenvalue weighted by Crippen LogP contribution is -2.21. The number of aldehydes is 3. The molecule has 3 N–H and O–H groups in total. The van der Waals surface area contributed by atoms with Crippen LogP contribution in [0.5, 0.6) is 0 Å². The third-order valence-electron chi connectivity index (χ3n) is 2.61. The average molecular weight is 294 g/mol. The van der Waals surface area contributed by atoms with E-state index in [1.165, 1.54) is 0 Å². The number of benzene rings is 1. The van der Waals surface area contributed by atoms with Gasteiger partial charge in [-0.2, -0.15) is 0 Å². The molecule has 0 spiro atoms. The van der Waals surface area contributed by atoms with Crippen LogP contribution in [-0.4, -0.2) is 52.1 Å². The Kier molecular flexibility index (Phi) is 4.29. The zero-order chi connectivity index (χ0) is 16.3. The van der Waals surface area contributed by atoms with Gasteiger partial charge in [-0.15, -0.1) is 0 Å². The van der Waals surface area contributed by atoms with E-state index in [4.69, 9.17) is 15.3 Å². The summed E-state index contributed by atoms with van der Waals surface area (Å²) in [6, 6.07) is 0. The van der Waals surface area contributed by atoms with Gasteiger partial charge in [0.25, 0.3) is 0 Å². The second kappa shape index (κ2) is 5.74. The minimum atomic E-state index is -1.87. The second-order valence-corrected chi connectivity index (χ2v) is 3.64. The molecule has 0 unspecified atom stereocenters. The molecule has 9 nitrogen and oxygen atoms in total. The third-order valence-corrected chi connectivity index (χ3v) is 2.61. The molecule has 0 fully saturated rings. The Balaban J connectivity index is 4.27. The van der Waals surface area contributed by atoms with Crippen LogP contribution in [0.3, 0.4) is 0 Å². The molecule has 21 heavy (non-hydrogen) atoms. The molecule has 0 aromatic heterocycles. The number of carboxylic acid groups (broad SMARTS) is 3. The number of hydrogen-bond donors (Lipinski definition) is 3. The average Bonchev–Trinajstić information content (AvgIpc) is 2.42. The van der Waals surface area contributed by atoms with Crippen LogP contribution in [-0.2, 0) is 0 Å². The lowest BCUT2D eigenvalue weighted by molar-refractivity contribution is 0.0683. The number of carboxylic acids is 3. The van der Waals surface area contributed by atoms with Crippen molar-refractivity contribution in [3.05, 3.63) is 33.4 Å². The summed E-state index contributed by atoms with van der Waals surface area (Å²) in [6.07, 6.45) is -0.504. The molecule has 0 saturated heterocycles. The molecule has 0 heterocycles. The maximum atomic E-state index is 11.1.